The molecule has 2 rings (SSSR count). The zero-order valence-electron chi connectivity index (χ0n) is 11.7. The van der Waals surface area contributed by atoms with Gasteiger partial charge in [0.15, 0.2) is 0 Å². The quantitative estimate of drug-likeness (QED) is 0.776. The molecule has 4 nitrogen and oxygen atoms in total. The van der Waals surface area contributed by atoms with Crippen LogP contribution in [0.1, 0.15) is 31.5 Å². The molecule has 0 saturated heterocycles. The Bertz CT molecular complexity index is 574. The van der Waals surface area contributed by atoms with Gasteiger partial charge >= 0.3 is 6.03 Å². The number of aromatic nitrogens is 1. The highest BCUT2D eigenvalue weighted by Gasteiger charge is 2.05. The molecule has 4 heteroatoms. The third-order valence-electron chi connectivity index (χ3n) is 3.26. The summed E-state index contributed by atoms with van der Waals surface area (Å²) in [6, 6.07) is 8.38. The summed E-state index contributed by atoms with van der Waals surface area (Å²) < 4.78 is 0. The average molecular weight is 259 g/mol. The molecule has 1 heterocycles. The Kier molecular flexibility index (Phi) is 4.10. The second kappa shape index (κ2) is 5.78. The van der Waals surface area contributed by atoms with Crippen molar-refractivity contribution in [2.24, 2.45) is 0 Å². The molecule has 0 radical (unpaired) electrons. The van der Waals surface area contributed by atoms with Gasteiger partial charge in [-0.2, -0.15) is 0 Å². The molecule has 19 heavy (non-hydrogen) atoms. The van der Waals surface area contributed by atoms with Gasteiger partial charge in [-0.1, -0.05) is 13.0 Å². The minimum Gasteiger partial charge on any atom is -0.359 e. The van der Waals surface area contributed by atoms with Gasteiger partial charge in [0.05, 0.1) is 0 Å². The number of benzene rings is 1. The lowest BCUT2D eigenvalue weighted by Crippen LogP contribution is -2.40. The van der Waals surface area contributed by atoms with E-state index in [9.17, 15) is 4.79 Å². The summed E-state index contributed by atoms with van der Waals surface area (Å²) in [5.41, 5.74) is 3.38. The lowest BCUT2D eigenvalue weighted by Gasteiger charge is -2.12. The van der Waals surface area contributed by atoms with Crippen molar-refractivity contribution in [3.05, 3.63) is 35.5 Å². The van der Waals surface area contributed by atoms with E-state index in [1.807, 2.05) is 32.9 Å². The monoisotopic (exact) mass is 259 g/mol. The van der Waals surface area contributed by atoms with Crippen molar-refractivity contribution in [2.75, 3.05) is 0 Å². The van der Waals surface area contributed by atoms with E-state index in [1.165, 1.54) is 5.39 Å². The van der Waals surface area contributed by atoms with Gasteiger partial charge in [-0.25, -0.2) is 4.79 Å². The Labute approximate surface area is 113 Å². The number of carbonyl (C=O) groups excluding carboxylic acids is 1. The zero-order valence-corrected chi connectivity index (χ0v) is 11.7. The first kappa shape index (κ1) is 13.5. The molecular weight excluding hydrogens is 238 g/mol. The molecule has 1 atom stereocenters. The van der Waals surface area contributed by atoms with Crippen molar-refractivity contribution >= 4 is 16.9 Å². The molecule has 0 aliphatic heterocycles. The average Bonchev–Trinajstić information content (AvgIpc) is 2.75. The SMILES string of the molecule is CCC(C)NC(=O)NCc1ccc2[nH]c(C)cc2c1. The molecule has 0 fully saturated rings. The summed E-state index contributed by atoms with van der Waals surface area (Å²) in [6.07, 6.45) is 0.933. The Hall–Kier alpha value is -1.97. The standard InChI is InChI=1S/C15H21N3O/c1-4-10(2)18-15(19)16-9-12-5-6-14-13(8-12)7-11(3)17-14/h5-8,10,17H,4,9H2,1-3H3,(H2,16,18,19). The van der Waals surface area contributed by atoms with Crippen LogP contribution in [0.3, 0.4) is 0 Å². The van der Waals surface area contributed by atoms with Gasteiger partial charge < -0.3 is 15.6 Å². The molecular formula is C15H21N3O. The van der Waals surface area contributed by atoms with Crippen LogP contribution in [0.15, 0.2) is 24.3 Å². The Morgan fingerprint density at radius 1 is 1.37 bits per heavy atom. The van der Waals surface area contributed by atoms with Crippen LogP contribution >= 0.6 is 0 Å². The van der Waals surface area contributed by atoms with Crippen LogP contribution < -0.4 is 10.6 Å². The number of carbonyl (C=O) groups is 1. The largest absolute Gasteiger partial charge is 0.359 e. The van der Waals surface area contributed by atoms with Crippen LogP contribution in [0.4, 0.5) is 4.79 Å². The molecule has 1 aromatic carbocycles. The van der Waals surface area contributed by atoms with Crippen LogP contribution in [0.5, 0.6) is 0 Å². The van der Waals surface area contributed by atoms with Gasteiger partial charge in [0.2, 0.25) is 0 Å². The molecule has 0 aliphatic rings. The van der Waals surface area contributed by atoms with E-state index in [0.717, 1.165) is 23.2 Å². The predicted octanol–water partition coefficient (Wildman–Crippen LogP) is 3.07. The maximum absolute atomic E-state index is 11.6. The van der Waals surface area contributed by atoms with Crippen LogP contribution in [0.25, 0.3) is 10.9 Å². The van der Waals surface area contributed by atoms with E-state index in [2.05, 4.69) is 27.8 Å². The number of rotatable bonds is 4. The van der Waals surface area contributed by atoms with Gasteiger partial charge in [-0.3, -0.25) is 0 Å². The summed E-state index contributed by atoms with van der Waals surface area (Å²) in [6.45, 7) is 6.63. The van der Waals surface area contributed by atoms with Crippen molar-refractivity contribution in [1.29, 1.82) is 0 Å². The first-order chi connectivity index (χ1) is 9.08. The first-order valence-corrected chi connectivity index (χ1v) is 6.71. The topological polar surface area (TPSA) is 56.9 Å². The third kappa shape index (κ3) is 3.50. The summed E-state index contributed by atoms with van der Waals surface area (Å²) in [4.78, 5) is 14.9. The first-order valence-electron chi connectivity index (χ1n) is 6.71. The Balaban J connectivity index is 1.96. The number of fused-ring (bicyclic) bond motifs is 1. The van der Waals surface area contributed by atoms with Gasteiger partial charge in [-0.15, -0.1) is 0 Å². The highest BCUT2D eigenvalue weighted by molar-refractivity contribution is 5.81. The lowest BCUT2D eigenvalue weighted by molar-refractivity contribution is 0.237. The highest BCUT2D eigenvalue weighted by atomic mass is 16.2. The van der Waals surface area contributed by atoms with E-state index in [1.54, 1.807) is 0 Å². The van der Waals surface area contributed by atoms with Crippen molar-refractivity contribution in [2.45, 2.75) is 39.8 Å². The van der Waals surface area contributed by atoms with Crippen molar-refractivity contribution in [3.8, 4) is 0 Å². The van der Waals surface area contributed by atoms with E-state index in [-0.39, 0.29) is 12.1 Å². The molecule has 1 aromatic heterocycles. The molecule has 0 aliphatic carbocycles. The van der Waals surface area contributed by atoms with E-state index in [0.29, 0.717) is 6.54 Å². The number of amides is 2. The van der Waals surface area contributed by atoms with E-state index < -0.39 is 0 Å². The molecule has 102 valence electrons. The van der Waals surface area contributed by atoms with E-state index in [4.69, 9.17) is 0 Å². The molecule has 2 amide bonds. The predicted molar refractivity (Wildman–Crippen MR) is 78.2 cm³/mol. The number of nitrogens with one attached hydrogen (secondary N) is 3. The Morgan fingerprint density at radius 3 is 2.89 bits per heavy atom. The number of H-pyrrole nitrogens is 1. The van der Waals surface area contributed by atoms with Gasteiger partial charge in [0, 0.05) is 23.8 Å². The van der Waals surface area contributed by atoms with Crippen molar-refractivity contribution in [3.63, 3.8) is 0 Å². The number of hydrogen-bond acceptors (Lipinski definition) is 1. The number of aryl methyl sites for hydroxylation is 1. The van der Waals surface area contributed by atoms with Crippen molar-refractivity contribution in [1.82, 2.24) is 15.6 Å². The van der Waals surface area contributed by atoms with Crippen LogP contribution in [-0.2, 0) is 6.54 Å². The van der Waals surface area contributed by atoms with Crippen LogP contribution in [0.2, 0.25) is 0 Å². The summed E-state index contributed by atoms with van der Waals surface area (Å²) in [7, 11) is 0. The molecule has 3 N–H and O–H groups in total. The third-order valence-corrected chi connectivity index (χ3v) is 3.26. The fourth-order valence-corrected chi connectivity index (χ4v) is 2.00. The summed E-state index contributed by atoms with van der Waals surface area (Å²) in [5.74, 6) is 0. The second-order valence-electron chi connectivity index (χ2n) is 5.01. The van der Waals surface area contributed by atoms with E-state index >= 15 is 0 Å². The molecule has 0 saturated carbocycles. The van der Waals surface area contributed by atoms with Gasteiger partial charge in [0.1, 0.15) is 0 Å². The smallest absolute Gasteiger partial charge is 0.315 e. The lowest BCUT2D eigenvalue weighted by atomic mass is 10.1. The van der Waals surface area contributed by atoms with Gasteiger partial charge in [0.25, 0.3) is 0 Å². The maximum atomic E-state index is 11.6. The minimum atomic E-state index is -0.111. The van der Waals surface area contributed by atoms with Crippen molar-refractivity contribution < 1.29 is 4.79 Å². The van der Waals surface area contributed by atoms with Crippen LogP contribution in [-0.4, -0.2) is 17.1 Å². The molecule has 0 bridgehead atoms. The summed E-state index contributed by atoms with van der Waals surface area (Å²) in [5, 5.41) is 6.94. The molecule has 2 aromatic rings. The second-order valence-corrected chi connectivity index (χ2v) is 5.01. The normalized spacial score (nSPS) is 12.4. The number of aromatic amines is 1. The van der Waals surface area contributed by atoms with Crippen LogP contribution in [0, 0.1) is 6.92 Å². The number of hydrogen-bond donors (Lipinski definition) is 3. The zero-order chi connectivity index (χ0) is 13.8. The fourth-order valence-electron chi connectivity index (χ4n) is 2.00. The van der Waals surface area contributed by atoms with Gasteiger partial charge in [-0.05, 0) is 49.4 Å². The summed E-state index contributed by atoms with van der Waals surface area (Å²) >= 11 is 0. The fraction of sp³-hybridized carbons (Fsp3) is 0.400. The molecule has 0 spiro atoms. The highest BCUT2D eigenvalue weighted by Crippen LogP contribution is 2.16. The molecule has 1 unspecified atom stereocenters. The Morgan fingerprint density at radius 2 is 2.16 bits per heavy atom. The number of urea groups is 1. The minimum absolute atomic E-state index is 0.111. The maximum Gasteiger partial charge on any atom is 0.315 e.